The van der Waals surface area contributed by atoms with Crippen LogP contribution in [0.5, 0.6) is 0 Å². The minimum atomic E-state index is -0.908. The van der Waals surface area contributed by atoms with Crippen molar-refractivity contribution in [3.63, 3.8) is 0 Å². The number of aromatic nitrogens is 1. The second kappa shape index (κ2) is 7.92. The molecule has 0 unspecified atom stereocenters. The summed E-state index contributed by atoms with van der Waals surface area (Å²) >= 11 is 5.99. The molecule has 2 aromatic carbocycles. The van der Waals surface area contributed by atoms with Crippen molar-refractivity contribution in [3.8, 4) is 0 Å². The lowest BCUT2D eigenvalue weighted by Gasteiger charge is -2.09. The van der Waals surface area contributed by atoms with Crippen molar-refractivity contribution >= 4 is 34.8 Å². The maximum atomic E-state index is 13.7. The third-order valence-electron chi connectivity index (χ3n) is 3.56. The van der Waals surface area contributed by atoms with Gasteiger partial charge in [0.2, 0.25) is 0 Å². The number of nitrogens with zero attached hydrogens (tertiary/aromatic N) is 1. The fourth-order valence-corrected chi connectivity index (χ4v) is 2.41. The van der Waals surface area contributed by atoms with Gasteiger partial charge >= 0.3 is 0 Å². The largest absolute Gasteiger partial charge is 0.319 e. The highest BCUT2D eigenvalue weighted by atomic mass is 35.5. The van der Waals surface area contributed by atoms with Gasteiger partial charge in [-0.2, -0.15) is 0 Å². The first kappa shape index (κ1) is 18.5. The van der Waals surface area contributed by atoms with E-state index in [0.717, 1.165) is 12.1 Å². The molecule has 0 fully saturated rings. The predicted molar refractivity (Wildman–Crippen MR) is 98.0 cm³/mol. The lowest BCUT2D eigenvalue weighted by Crippen LogP contribution is -2.17. The van der Waals surface area contributed by atoms with Gasteiger partial charge in [-0.15, -0.1) is 0 Å². The van der Waals surface area contributed by atoms with Gasteiger partial charge < -0.3 is 10.6 Å². The van der Waals surface area contributed by atoms with E-state index in [1.54, 1.807) is 24.3 Å². The van der Waals surface area contributed by atoms with E-state index in [9.17, 15) is 18.4 Å². The zero-order valence-corrected chi connectivity index (χ0v) is 14.4. The average molecular weight is 388 g/mol. The van der Waals surface area contributed by atoms with Crippen LogP contribution in [0.25, 0.3) is 0 Å². The average Bonchev–Trinajstić information content (AvgIpc) is 2.66. The molecule has 0 spiro atoms. The normalized spacial score (nSPS) is 10.3. The number of hydrogen-bond donors (Lipinski definition) is 2. The van der Waals surface area contributed by atoms with Gasteiger partial charge in [0.1, 0.15) is 17.3 Å². The molecule has 3 rings (SSSR count). The molecule has 5 nitrogen and oxygen atoms in total. The standard InChI is InChI=1S/C19H12ClF2N3O2/c20-13-3-1-2-4-15(13)24-19(27)17-9-11(7-8-23-17)18(26)25-16-6-5-12(21)10-14(16)22/h1-10H,(H,24,27)(H,25,26). The van der Waals surface area contributed by atoms with Gasteiger partial charge in [-0.05, 0) is 36.4 Å². The van der Waals surface area contributed by atoms with Crippen LogP contribution in [0.3, 0.4) is 0 Å². The van der Waals surface area contributed by atoms with E-state index in [1.165, 1.54) is 18.3 Å². The van der Waals surface area contributed by atoms with E-state index in [1.807, 2.05) is 0 Å². The van der Waals surface area contributed by atoms with E-state index in [0.29, 0.717) is 16.8 Å². The molecule has 0 saturated heterocycles. The van der Waals surface area contributed by atoms with Gasteiger partial charge in [-0.1, -0.05) is 23.7 Å². The zero-order valence-electron chi connectivity index (χ0n) is 13.7. The summed E-state index contributed by atoms with van der Waals surface area (Å²) in [6, 6.07) is 12.1. The molecule has 136 valence electrons. The molecule has 2 amide bonds. The van der Waals surface area contributed by atoms with Crippen molar-refractivity contribution < 1.29 is 18.4 Å². The van der Waals surface area contributed by atoms with Crippen LogP contribution in [0.15, 0.2) is 60.8 Å². The van der Waals surface area contributed by atoms with Crippen LogP contribution in [-0.4, -0.2) is 16.8 Å². The van der Waals surface area contributed by atoms with E-state index >= 15 is 0 Å². The molecule has 8 heteroatoms. The molecule has 0 atom stereocenters. The topological polar surface area (TPSA) is 71.1 Å². The molecular formula is C19H12ClF2N3O2. The Morgan fingerprint density at radius 3 is 2.37 bits per heavy atom. The minimum Gasteiger partial charge on any atom is -0.319 e. The summed E-state index contributed by atoms with van der Waals surface area (Å²) in [5, 5.41) is 5.26. The van der Waals surface area contributed by atoms with E-state index in [4.69, 9.17) is 11.6 Å². The van der Waals surface area contributed by atoms with Crippen LogP contribution in [0.4, 0.5) is 20.2 Å². The maximum Gasteiger partial charge on any atom is 0.274 e. The highest BCUT2D eigenvalue weighted by molar-refractivity contribution is 6.33. The number of pyridine rings is 1. The molecule has 0 aliphatic heterocycles. The van der Waals surface area contributed by atoms with Gasteiger partial charge in [0.05, 0.1) is 16.4 Å². The first-order valence-electron chi connectivity index (χ1n) is 7.72. The highest BCUT2D eigenvalue weighted by Gasteiger charge is 2.14. The number of halogens is 3. The maximum absolute atomic E-state index is 13.7. The van der Waals surface area contributed by atoms with Crippen molar-refractivity contribution in [2.75, 3.05) is 10.6 Å². The lowest BCUT2D eigenvalue weighted by atomic mass is 10.2. The van der Waals surface area contributed by atoms with Gasteiger partial charge in [-0.25, -0.2) is 8.78 Å². The van der Waals surface area contributed by atoms with E-state index in [2.05, 4.69) is 15.6 Å². The molecule has 3 aromatic rings. The number of amides is 2. The third kappa shape index (κ3) is 4.45. The van der Waals surface area contributed by atoms with Gasteiger partial charge in [0, 0.05) is 17.8 Å². The number of carbonyl (C=O) groups excluding carboxylic acids is 2. The minimum absolute atomic E-state index is 0.0258. The molecule has 1 aromatic heterocycles. The van der Waals surface area contributed by atoms with Crippen molar-refractivity contribution in [1.29, 1.82) is 0 Å². The molecule has 0 bridgehead atoms. The van der Waals surface area contributed by atoms with Crippen LogP contribution in [-0.2, 0) is 0 Å². The van der Waals surface area contributed by atoms with Crippen molar-refractivity contribution in [2.45, 2.75) is 0 Å². The van der Waals surface area contributed by atoms with Gasteiger partial charge in [-0.3, -0.25) is 14.6 Å². The number of hydrogen-bond acceptors (Lipinski definition) is 3. The number of para-hydroxylation sites is 1. The monoisotopic (exact) mass is 387 g/mol. The Morgan fingerprint density at radius 1 is 0.889 bits per heavy atom. The number of carbonyl (C=O) groups is 2. The summed E-state index contributed by atoms with van der Waals surface area (Å²) in [4.78, 5) is 28.5. The molecule has 27 heavy (non-hydrogen) atoms. The number of anilines is 2. The molecule has 1 heterocycles. The number of rotatable bonds is 4. The summed E-state index contributed by atoms with van der Waals surface area (Å²) < 4.78 is 26.6. The number of nitrogens with one attached hydrogen (secondary N) is 2. The summed E-state index contributed by atoms with van der Waals surface area (Å²) in [6.45, 7) is 0. The fraction of sp³-hybridized carbons (Fsp3) is 0. The first-order valence-corrected chi connectivity index (χ1v) is 8.10. The van der Waals surface area contributed by atoms with Crippen molar-refractivity contribution in [3.05, 3.63) is 88.7 Å². The van der Waals surface area contributed by atoms with Gasteiger partial charge in [0.15, 0.2) is 0 Å². The highest BCUT2D eigenvalue weighted by Crippen LogP contribution is 2.21. The molecule has 0 radical (unpaired) electrons. The zero-order chi connectivity index (χ0) is 19.4. The number of benzene rings is 2. The van der Waals surface area contributed by atoms with Crippen LogP contribution in [0, 0.1) is 11.6 Å². The second-order valence-electron chi connectivity index (χ2n) is 5.44. The van der Waals surface area contributed by atoms with Crippen LogP contribution < -0.4 is 10.6 Å². The predicted octanol–water partition coefficient (Wildman–Crippen LogP) is 4.52. The van der Waals surface area contributed by atoms with Gasteiger partial charge in [0.25, 0.3) is 11.8 Å². The Balaban J connectivity index is 1.77. The first-order chi connectivity index (χ1) is 12.9. The summed E-state index contributed by atoms with van der Waals surface area (Å²) in [5.74, 6) is -2.90. The molecule has 0 aliphatic rings. The lowest BCUT2D eigenvalue weighted by molar-refractivity contribution is 0.102. The Labute approximate surface area is 158 Å². The summed E-state index contributed by atoms with van der Waals surface area (Å²) in [5.41, 5.74) is 0.273. The molecular weight excluding hydrogens is 376 g/mol. The Hall–Kier alpha value is -3.32. The van der Waals surface area contributed by atoms with E-state index < -0.39 is 23.4 Å². The fourth-order valence-electron chi connectivity index (χ4n) is 2.23. The molecule has 2 N–H and O–H groups in total. The van der Waals surface area contributed by atoms with Crippen LogP contribution in [0.2, 0.25) is 5.02 Å². The van der Waals surface area contributed by atoms with Crippen LogP contribution in [0.1, 0.15) is 20.8 Å². The Bertz CT molecular complexity index is 1030. The Morgan fingerprint density at radius 2 is 1.63 bits per heavy atom. The van der Waals surface area contributed by atoms with E-state index in [-0.39, 0.29) is 16.9 Å². The summed E-state index contributed by atoms with van der Waals surface area (Å²) in [7, 11) is 0. The van der Waals surface area contributed by atoms with Crippen LogP contribution >= 0.6 is 11.6 Å². The smallest absolute Gasteiger partial charge is 0.274 e. The van der Waals surface area contributed by atoms with Crippen molar-refractivity contribution in [2.24, 2.45) is 0 Å². The summed E-state index contributed by atoms with van der Waals surface area (Å²) in [6.07, 6.45) is 1.28. The van der Waals surface area contributed by atoms with Crippen molar-refractivity contribution in [1.82, 2.24) is 4.98 Å². The second-order valence-corrected chi connectivity index (χ2v) is 5.85. The molecule has 0 saturated carbocycles. The SMILES string of the molecule is O=C(Nc1ccc(F)cc1F)c1ccnc(C(=O)Nc2ccccc2Cl)c1. The quantitative estimate of drug-likeness (QED) is 0.691. The Kier molecular flexibility index (Phi) is 5.42. The molecule has 0 aliphatic carbocycles. The third-order valence-corrected chi connectivity index (χ3v) is 3.89.